The fourth-order valence-corrected chi connectivity index (χ4v) is 2.60. The Balaban J connectivity index is 2.21. The van der Waals surface area contributed by atoms with E-state index in [-0.39, 0.29) is 17.0 Å². The van der Waals surface area contributed by atoms with Gasteiger partial charge in [-0.05, 0) is 31.4 Å². The van der Waals surface area contributed by atoms with Crippen LogP contribution in [-0.4, -0.2) is 35.1 Å². The molecule has 0 aliphatic carbocycles. The molecule has 1 aliphatic heterocycles. The number of halogens is 2. The van der Waals surface area contributed by atoms with E-state index in [0.29, 0.717) is 19.5 Å². The van der Waals surface area contributed by atoms with Crippen molar-refractivity contribution < 1.29 is 18.7 Å². The topological polar surface area (TPSA) is 40.5 Å². The second-order valence-electron chi connectivity index (χ2n) is 5.36. The van der Waals surface area contributed by atoms with Gasteiger partial charge in [0.15, 0.2) is 0 Å². The van der Waals surface area contributed by atoms with Crippen LogP contribution in [0.15, 0.2) is 12.1 Å². The molecule has 1 saturated heterocycles. The molecule has 1 aromatic carbocycles. The molecule has 1 fully saturated rings. The molecular weight excluding hydrogens is 264 g/mol. The molecule has 2 atom stereocenters. The van der Waals surface area contributed by atoms with Gasteiger partial charge < -0.3 is 10.0 Å². The third-order valence-corrected chi connectivity index (χ3v) is 3.98. The summed E-state index contributed by atoms with van der Waals surface area (Å²) >= 11 is 0. The van der Waals surface area contributed by atoms with Gasteiger partial charge in [0.1, 0.15) is 11.6 Å². The van der Waals surface area contributed by atoms with Crippen molar-refractivity contribution >= 4 is 5.91 Å². The number of hydrogen-bond acceptors (Lipinski definition) is 2. The molecule has 1 aliphatic rings. The first-order chi connectivity index (χ1) is 9.43. The lowest BCUT2D eigenvalue weighted by molar-refractivity contribution is 0.0226. The second-order valence-corrected chi connectivity index (χ2v) is 5.36. The van der Waals surface area contributed by atoms with Gasteiger partial charge in [0.2, 0.25) is 0 Å². The van der Waals surface area contributed by atoms with Gasteiger partial charge in [-0.15, -0.1) is 0 Å². The Hall–Kier alpha value is -1.49. The maximum absolute atomic E-state index is 13.8. The number of aliphatic hydroxyl groups is 1. The number of piperidine rings is 1. The van der Waals surface area contributed by atoms with Crippen LogP contribution in [0.3, 0.4) is 0 Å². The molecule has 0 bridgehead atoms. The maximum atomic E-state index is 13.8. The summed E-state index contributed by atoms with van der Waals surface area (Å²) in [4.78, 5) is 13.9. The van der Waals surface area contributed by atoms with E-state index in [2.05, 4.69) is 0 Å². The van der Waals surface area contributed by atoms with Crippen LogP contribution < -0.4 is 0 Å². The van der Waals surface area contributed by atoms with Crippen molar-refractivity contribution in [3.8, 4) is 0 Å². The van der Waals surface area contributed by atoms with Crippen molar-refractivity contribution in [2.75, 3.05) is 13.1 Å². The largest absolute Gasteiger partial charge is 0.393 e. The zero-order chi connectivity index (χ0) is 14.9. The molecule has 1 aromatic rings. The molecule has 0 saturated carbocycles. The summed E-state index contributed by atoms with van der Waals surface area (Å²) in [5.74, 6) is -1.91. The first kappa shape index (κ1) is 14.9. The number of amides is 1. The number of benzene rings is 1. The molecule has 0 spiro atoms. The van der Waals surface area contributed by atoms with Gasteiger partial charge in [0.25, 0.3) is 5.91 Å². The summed E-state index contributed by atoms with van der Waals surface area (Å²) in [7, 11) is 0. The second kappa shape index (κ2) is 5.87. The van der Waals surface area contributed by atoms with Crippen LogP contribution in [-0.2, 0) is 0 Å². The van der Waals surface area contributed by atoms with Crippen molar-refractivity contribution in [2.45, 2.75) is 32.8 Å². The normalized spacial score (nSPS) is 22.9. The minimum atomic E-state index is -0.836. The molecule has 110 valence electrons. The summed E-state index contributed by atoms with van der Waals surface area (Å²) in [6.07, 6.45) is 0.839. The highest BCUT2D eigenvalue weighted by Crippen LogP contribution is 2.23. The highest BCUT2D eigenvalue weighted by atomic mass is 19.1. The Morgan fingerprint density at radius 3 is 2.75 bits per heavy atom. The van der Waals surface area contributed by atoms with E-state index < -0.39 is 23.6 Å². The molecular formula is C15H19F2NO2. The van der Waals surface area contributed by atoms with Gasteiger partial charge in [0.05, 0.1) is 11.7 Å². The zero-order valence-electron chi connectivity index (χ0n) is 11.7. The number of nitrogens with zero attached hydrogens (tertiary/aromatic N) is 1. The lowest BCUT2D eigenvalue weighted by Crippen LogP contribution is -2.46. The zero-order valence-corrected chi connectivity index (χ0v) is 11.7. The molecule has 5 heteroatoms. The standard InChI is InChI=1S/C15H19F2NO2/c1-3-10-8-18(5-4-14(10)19)15(20)11-6-9(2)12(16)7-13(11)17/h6-7,10,14,19H,3-5,8H2,1-2H3. The Labute approximate surface area is 117 Å². The van der Waals surface area contributed by atoms with Crippen LogP contribution in [0, 0.1) is 24.5 Å². The van der Waals surface area contributed by atoms with Gasteiger partial charge in [-0.2, -0.15) is 0 Å². The fraction of sp³-hybridized carbons (Fsp3) is 0.533. The van der Waals surface area contributed by atoms with E-state index in [0.717, 1.165) is 12.5 Å². The number of carbonyl (C=O) groups is 1. The Kier molecular flexibility index (Phi) is 4.38. The van der Waals surface area contributed by atoms with Gasteiger partial charge in [-0.3, -0.25) is 4.79 Å². The predicted molar refractivity (Wildman–Crippen MR) is 71.4 cm³/mol. The van der Waals surface area contributed by atoms with E-state index in [1.54, 1.807) is 0 Å². The highest BCUT2D eigenvalue weighted by molar-refractivity contribution is 5.94. The molecule has 2 rings (SSSR count). The quantitative estimate of drug-likeness (QED) is 0.906. The van der Waals surface area contributed by atoms with E-state index in [1.165, 1.54) is 17.9 Å². The number of carbonyl (C=O) groups excluding carboxylic acids is 1. The Morgan fingerprint density at radius 2 is 2.10 bits per heavy atom. The molecule has 0 aromatic heterocycles. The summed E-state index contributed by atoms with van der Waals surface area (Å²) in [5.41, 5.74) is 0.147. The Bertz CT molecular complexity index is 519. The molecule has 1 amide bonds. The van der Waals surface area contributed by atoms with Gasteiger partial charge in [0, 0.05) is 25.1 Å². The first-order valence-electron chi connectivity index (χ1n) is 6.87. The first-order valence-corrected chi connectivity index (χ1v) is 6.87. The van der Waals surface area contributed by atoms with Crippen molar-refractivity contribution in [1.29, 1.82) is 0 Å². The van der Waals surface area contributed by atoms with Gasteiger partial charge in [-0.1, -0.05) is 6.92 Å². The summed E-state index contributed by atoms with van der Waals surface area (Å²) in [6.45, 7) is 4.25. The number of aliphatic hydroxyl groups excluding tert-OH is 1. The Morgan fingerprint density at radius 1 is 1.40 bits per heavy atom. The lowest BCUT2D eigenvalue weighted by Gasteiger charge is -2.35. The van der Waals surface area contributed by atoms with Crippen LogP contribution in [0.1, 0.15) is 35.7 Å². The lowest BCUT2D eigenvalue weighted by atomic mass is 9.92. The third kappa shape index (κ3) is 2.82. The van der Waals surface area contributed by atoms with Crippen LogP contribution in [0.2, 0.25) is 0 Å². The third-order valence-electron chi connectivity index (χ3n) is 3.98. The predicted octanol–water partition coefficient (Wildman–Crippen LogP) is 2.51. The van der Waals surface area contributed by atoms with E-state index in [4.69, 9.17) is 0 Å². The number of likely N-dealkylation sites (tertiary alicyclic amines) is 1. The molecule has 20 heavy (non-hydrogen) atoms. The van der Waals surface area contributed by atoms with Crippen LogP contribution in [0.25, 0.3) is 0 Å². The average molecular weight is 283 g/mol. The van der Waals surface area contributed by atoms with Crippen LogP contribution in [0.5, 0.6) is 0 Å². The molecule has 0 radical (unpaired) electrons. The van der Waals surface area contributed by atoms with Crippen molar-refractivity contribution in [3.63, 3.8) is 0 Å². The average Bonchev–Trinajstić information content (AvgIpc) is 2.42. The van der Waals surface area contributed by atoms with Crippen LogP contribution >= 0.6 is 0 Å². The highest BCUT2D eigenvalue weighted by Gasteiger charge is 2.30. The summed E-state index contributed by atoms with van der Waals surface area (Å²) in [5, 5.41) is 9.81. The molecule has 3 nitrogen and oxygen atoms in total. The van der Waals surface area contributed by atoms with Gasteiger partial charge >= 0.3 is 0 Å². The number of aryl methyl sites for hydroxylation is 1. The van der Waals surface area contributed by atoms with E-state index in [1.807, 2.05) is 6.92 Å². The number of rotatable bonds is 2. The number of hydrogen-bond donors (Lipinski definition) is 1. The monoisotopic (exact) mass is 283 g/mol. The van der Waals surface area contributed by atoms with Gasteiger partial charge in [-0.25, -0.2) is 8.78 Å². The molecule has 2 unspecified atom stereocenters. The maximum Gasteiger partial charge on any atom is 0.256 e. The van der Waals surface area contributed by atoms with Crippen molar-refractivity contribution in [2.24, 2.45) is 5.92 Å². The minimum Gasteiger partial charge on any atom is -0.393 e. The molecule has 1 N–H and O–H groups in total. The SMILES string of the molecule is CCC1CN(C(=O)c2cc(C)c(F)cc2F)CCC1O. The summed E-state index contributed by atoms with van der Waals surface area (Å²) < 4.78 is 27.0. The van der Waals surface area contributed by atoms with E-state index >= 15 is 0 Å². The minimum absolute atomic E-state index is 0.0114. The van der Waals surface area contributed by atoms with Crippen molar-refractivity contribution in [1.82, 2.24) is 4.90 Å². The molecule has 1 heterocycles. The smallest absolute Gasteiger partial charge is 0.256 e. The van der Waals surface area contributed by atoms with Crippen LogP contribution in [0.4, 0.5) is 8.78 Å². The van der Waals surface area contributed by atoms with Crippen molar-refractivity contribution in [3.05, 3.63) is 34.9 Å². The van der Waals surface area contributed by atoms with E-state index in [9.17, 15) is 18.7 Å². The fourth-order valence-electron chi connectivity index (χ4n) is 2.60. The summed E-state index contributed by atoms with van der Waals surface area (Å²) in [6, 6.07) is 2.00.